The average molecular weight is 399 g/mol. The molecule has 0 aliphatic carbocycles. The van der Waals surface area contributed by atoms with Crippen molar-refractivity contribution < 1.29 is 14.7 Å². The second-order valence-corrected chi connectivity index (χ2v) is 8.35. The molecule has 3 rings (SSSR count). The Labute approximate surface area is 164 Å². The van der Waals surface area contributed by atoms with E-state index in [1.54, 1.807) is 43.4 Å². The molecule has 27 heavy (non-hydrogen) atoms. The molecule has 1 atom stereocenters. The molecule has 0 saturated carbocycles. The van der Waals surface area contributed by atoms with Crippen molar-refractivity contribution in [3.8, 4) is 0 Å². The summed E-state index contributed by atoms with van der Waals surface area (Å²) in [6.07, 6.45) is 0. The number of hydrogen-bond acceptors (Lipinski definition) is 6. The number of fused-ring (bicyclic) bond motifs is 1. The Morgan fingerprint density at radius 3 is 2.52 bits per heavy atom. The van der Waals surface area contributed by atoms with Crippen LogP contribution in [0.15, 0.2) is 58.0 Å². The van der Waals surface area contributed by atoms with Gasteiger partial charge in [0.05, 0.1) is 26.7 Å². The molecule has 1 aromatic heterocycles. The quantitative estimate of drug-likeness (QED) is 0.371. The number of carbonyl (C=O) groups is 2. The van der Waals surface area contributed by atoms with Gasteiger partial charge in [-0.2, -0.15) is 5.10 Å². The number of hydrogen-bond donors (Lipinski definition) is 2. The molecular weight excluding hydrogens is 382 g/mol. The summed E-state index contributed by atoms with van der Waals surface area (Å²) in [6, 6.07) is 14.4. The molecule has 0 saturated heterocycles. The average Bonchev–Trinajstić information content (AvgIpc) is 3.07. The first kappa shape index (κ1) is 19.1. The van der Waals surface area contributed by atoms with Gasteiger partial charge in [-0.05, 0) is 32.0 Å². The fourth-order valence-corrected chi connectivity index (χ4v) is 4.59. The van der Waals surface area contributed by atoms with Crippen LogP contribution in [0.5, 0.6) is 0 Å². The summed E-state index contributed by atoms with van der Waals surface area (Å²) in [5.74, 6) is -1.31. The monoisotopic (exact) mass is 399 g/mol. The highest BCUT2D eigenvalue weighted by atomic mass is 32.2. The molecule has 2 N–H and O–H groups in total. The van der Waals surface area contributed by atoms with E-state index in [9.17, 15) is 14.7 Å². The van der Waals surface area contributed by atoms with Crippen LogP contribution in [-0.4, -0.2) is 32.9 Å². The fourth-order valence-electron chi connectivity index (χ4n) is 2.38. The molecule has 0 fully saturated rings. The zero-order chi connectivity index (χ0) is 19.4. The molecule has 138 valence electrons. The molecule has 0 spiro atoms. The first-order valence-electron chi connectivity index (χ1n) is 8.15. The fraction of sp³-hybridized carbons (Fsp3) is 0.158. The number of nitrogens with one attached hydrogen (secondary N) is 1. The van der Waals surface area contributed by atoms with E-state index in [0.717, 1.165) is 14.6 Å². The van der Waals surface area contributed by atoms with E-state index in [1.807, 2.05) is 24.3 Å². The lowest BCUT2D eigenvalue weighted by Gasteiger charge is -2.09. The molecular formula is C19H17N3O3S2. The number of amides is 1. The van der Waals surface area contributed by atoms with E-state index in [-0.39, 0.29) is 11.5 Å². The maximum atomic E-state index is 12.3. The van der Waals surface area contributed by atoms with Crippen LogP contribution in [-0.2, 0) is 4.79 Å². The Bertz CT molecular complexity index is 997. The smallest absolute Gasteiger partial charge is 0.336 e. The summed E-state index contributed by atoms with van der Waals surface area (Å²) < 4.78 is 1.89. The standard InChI is InChI=1S/C19H17N3O3S2/c1-11(13-7-3-4-8-14(13)18(24)25)21-22-17(23)12(2)26-19-20-15-9-5-6-10-16(15)27-19/h3-10,12H,1-2H3,(H,22,23)(H,24,25)/b21-11+. The van der Waals surface area contributed by atoms with Gasteiger partial charge in [0.25, 0.3) is 5.91 Å². The van der Waals surface area contributed by atoms with Crippen LogP contribution >= 0.6 is 23.1 Å². The first-order valence-corrected chi connectivity index (χ1v) is 9.84. The maximum Gasteiger partial charge on any atom is 0.336 e. The van der Waals surface area contributed by atoms with Gasteiger partial charge >= 0.3 is 5.97 Å². The molecule has 0 radical (unpaired) electrons. The molecule has 1 unspecified atom stereocenters. The lowest BCUT2D eigenvalue weighted by molar-refractivity contribution is -0.120. The van der Waals surface area contributed by atoms with Crippen LogP contribution in [0.3, 0.4) is 0 Å². The summed E-state index contributed by atoms with van der Waals surface area (Å²) >= 11 is 2.91. The number of rotatable bonds is 6. The summed E-state index contributed by atoms with van der Waals surface area (Å²) in [5, 5.41) is 12.9. The second kappa shape index (κ2) is 8.32. The van der Waals surface area contributed by atoms with E-state index in [1.165, 1.54) is 17.8 Å². The normalized spacial score (nSPS) is 12.7. The molecule has 0 aliphatic rings. The zero-order valence-corrected chi connectivity index (χ0v) is 16.3. The first-order chi connectivity index (χ1) is 13.0. The number of thioether (sulfide) groups is 1. The number of aromatic nitrogens is 1. The third kappa shape index (κ3) is 4.53. The van der Waals surface area contributed by atoms with Gasteiger partial charge in [0.1, 0.15) is 0 Å². The summed E-state index contributed by atoms with van der Waals surface area (Å²) in [4.78, 5) is 28.1. The van der Waals surface area contributed by atoms with Gasteiger partial charge in [-0.15, -0.1) is 11.3 Å². The molecule has 1 heterocycles. The molecule has 8 heteroatoms. The van der Waals surface area contributed by atoms with E-state index >= 15 is 0 Å². The Balaban J connectivity index is 1.67. The Kier molecular flexibility index (Phi) is 5.88. The van der Waals surface area contributed by atoms with Gasteiger partial charge in [0.2, 0.25) is 0 Å². The van der Waals surface area contributed by atoms with Crippen molar-refractivity contribution in [1.82, 2.24) is 10.4 Å². The lowest BCUT2D eigenvalue weighted by Crippen LogP contribution is -2.27. The van der Waals surface area contributed by atoms with Gasteiger partial charge in [-0.25, -0.2) is 15.2 Å². The predicted octanol–water partition coefficient (Wildman–Crippen LogP) is 4.02. The van der Waals surface area contributed by atoms with Gasteiger partial charge in [-0.3, -0.25) is 4.79 Å². The highest BCUT2D eigenvalue weighted by Gasteiger charge is 2.17. The van der Waals surface area contributed by atoms with Crippen LogP contribution in [0.25, 0.3) is 10.2 Å². The molecule has 0 aliphatic heterocycles. The predicted molar refractivity (Wildman–Crippen MR) is 109 cm³/mol. The lowest BCUT2D eigenvalue weighted by atomic mass is 10.0. The molecule has 0 bridgehead atoms. The van der Waals surface area contributed by atoms with Crippen LogP contribution < -0.4 is 5.43 Å². The number of carboxylic acids is 1. The van der Waals surface area contributed by atoms with Crippen LogP contribution in [0.4, 0.5) is 0 Å². The summed E-state index contributed by atoms with van der Waals surface area (Å²) in [7, 11) is 0. The topological polar surface area (TPSA) is 91.7 Å². The highest BCUT2D eigenvalue weighted by molar-refractivity contribution is 8.02. The van der Waals surface area contributed by atoms with Crippen molar-refractivity contribution in [2.24, 2.45) is 5.10 Å². The van der Waals surface area contributed by atoms with E-state index in [2.05, 4.69) is 15.5 Å². The van der Waals surface area contributed by atoms with Crippen molar-refractivity contribution in [3.05, 3.63) is 59.7 Å². The SMILES string of the molecule is C/C(=N\NC(=O)C(C)Sc1nc2ccccc2s1)c1ccccc1C(=O)O. The number of carboxylic acid groups (broad SMARTS) is 1. The minimum absolute atomic E-state index is 0.143. The third-order valence-electron chi connectivity index (χ3n) is 3.80. The number of para-hydroxylation sites is 1. The number of benzene rings is 2. The summed E-state index contributed by atoms with van der Waals surface area (Å²) in [5.41, 5.74) is 4.47. The Morgan fingerprint density at radius 2 is 1.81 bits per heavy atom. The third-order valence-corrected chi connectivity index (χ3v) is 6.03. The van der Waals surface area contributed by atoms with Gasteiger partial charge in [0, 0.05) is 5.56 Å². The van der Waals surface area contributed by atoms with Crippen molar-refractivity contribution in [2.45, 2.75) is 23.4 Å². The van der Waals surface area contributed by atoms with E-state index in [0.29, 0.717) is 11.3 Å². The second-order valence-electron chi connectivity index (χ2n) is 5.73. The number of carbonyl (C=O) groups excluding carboxylic acids is 1. The Morgan fingerprint density at radius 1 is 1.15 bits per heavy atom. The van der Waals surface area contributed by atoms with Crippen molar-refractivity contribution in [2.75, 3.05) is 0 Å². The van der Waals surface area contributed by atoms with E-state index < -0.39 is 11.2 Å². The van der Waals surface area contributed by atoms with Gasteiger partial charge in [-0.1, -0.05) is 42.1 Å². The minimum Gasteiger partial charge on any atom is -0.478 e. The van der Waals surface area contributed by atoms with Crippen LogP contribution in [0.2, 0.25) is 0 Å². The number of thiazole rings is 1. The molecule has 3 aromatic rings. The summed E-state index contributed by atoms with van der Waals surface area (Å²) in [6.45, 7) is 3.44. The number of hydrazone groups is 1. The number of nitrogens with zero attached hydrogens (tertiary/aromatic N) is 2. The number of aromatic carboxylic acids is 1. The van der Waals surface area contributed by atoms with Gasteiger partial charge in [0.15, 0.2) is 4.34 Å². The molecule has 1 amide bonds. The van der Waals surface area contributed by atoms with Crippen LogP contribution in [0.1, 0.15) is 29.8 Å². The minimum atomic E-state index is -1.04. The van der Waals surface area contributed by atoms with E-state index in [4.69, 9.17) is 0 Å². The van der Waals surface area contributed by atoms with Crippen molar-refractivity contribution in [3.63, 3.8) is 0 Å². The zero-order valence-electron chi connectivity index (χ0n) is 14.7. The molecule has 6 nitrogen and oxygen atoms in total. The van der Waals surface area contributed by atoms with Crippen LogP contribution in [0, 0.1) is 0 Å². The largest absolute Gasteiger partial charge is 0.478 e. The Hall–Kier alpha value is -2.71. The van der Waals surface area contributed by atoms with Crippen molar-refractivity contribution >= 4 is 50.9 Å². The van der Waals surface area contributed by atoms with Crippen molar-refractivity contribution in [1.29, 1.82) is 0 Å². The van der Waals surface area contributed by atoms with Gasteiger partial charge < -0.3 is 5.11 Å². The highest BCUT2D eigenvalue weighted by Crippen LogP contribution is 2.31. The molecule has 2 aromatic carbocycles. The maximum absolute atomic E-state index is 12.3.